The van der Waals surface area contributed by atoms with Crippen LogP contribution in [0.4, 0.5) is 0 Å². The lowest BCUT2D eigenvalue weighted by molar-refractivity contribution is -0.133. The Labute approximate surface area is 138 Å². The molecule has 1 aromatic carbocycles. The highest BCUT2D eigenvalue weighted by atomic mass is 16.3. The number of piperidine rings is 1. The van der Waals surface area contributed by atoms with E-state index in [1.807, 2.05) is 6.07 Å². The second-order valence-electron chi connectivity index (χ2n) is 7.44. The average Bonchev–Trinajstić information content (AvgIpc) is 3.40. The quantitative estimate of drug-likeness (QED) is 0.846. The Morgan fingerprint density at radius 3 is 2.57 bits per heavy atom. The summed E-state index contributed by atoms with van der Waals surface area (Å²) in [5, 5.41) is 12.9. The van der Waals surface area contributed by atoms with Crippen LogP contribution in [-0.4, -0.2) is 41.7 Å². The smallest absolute Gasteiger partial charge is 0.226 e. The van der Waals surface area contributed by atoms with Crippen molar-refractivity contribution in [3.8, 4) is 0 Å². The third-order valence-corrected chi connectivity index (χ3v) is 5.39. The highest BCUT2D eigenvalue weighted by Gasteiger charge is 2.37. The van der Waals surface area contributed by atoms with Gasteiger partial charge in [-0.05, 0) is 50.3 Å². The molecular formula is C19H28N2O2. The third-order valence-electron chi connectivity index (χ3n) is 5.39. The van der Waals surface area contributed by atoms with Gasteiger partial charge in [0.15, 0.2) is 0 Å². The number of rotatable bonds is 6. The molecule has 0 bridgehead atoms. The molecule has 1 aliphatic carbocycles. The van der Waals surface area contributed by atoms with E-state index in [1.54, 1.807) is 0 Å². The van der Waals surface area contributed by atoms with E-state index >= 15 is 0 Å². The summed E-state index contributed by atoms with van der Waals surface area (Å²) in [5.41, 5.74) is 1.03. The molecule has 2 fully saturated rings. The molecular weight excluding hydrogens is 288 g/mol. The molecule has 3 rings (SSSR count). The minimum atomic E-state index is -0.360. The van der Waals surface area contributed by atoms with Crippen molar-refractivity contribution in [3.63, 3.8) is 0 Å². The summed E-state index contributed by atoms with van der Waals surface area (Å²) in [6.45, 7) is 5.32. The average molecular weight is 316 g/mol. The van der Waals surface area contributed by atoms with Crippen LogP contribution < -0.4 is 5.32 Å². The van der Waals surface area contributed by atoms with Gasteiger partial charge in [0.2, 0.25) is 5.91 Å². The number of hydrogen-bond acceptors (Lipinski definition) is 3. The van der Waals surface area contributed by atoms with Crippen LogP contribution in [0.3, 0.4) is 0 Å². The monoisotopic (exact) mass is 316 g/mol. The third kappa shape index (κ3) is 4.33. The lowest BCUT2D eigenvalue weighted by atomic mass is 9.79. The lowest BCUT2D eigenvalue weighted by Crippen LogP contribution is -2.48. The zero-order valence-electron chi connectivity index (χ0n) is 14.0. The predicted octanol–water partition coefficient (Wildman–Crippen LogP) is 2.18. The maximum absolute atomic E-state index is 12.5. The molecule has 0 radical (unpaired) electrons. The summed E-state index contributed by atoms with van der Waals surface area (Å²) in [6, 6.07) is 10.5. The Hall–Kier alpha value is -1.39. The van der Waals surface area contributed by atoms with Crippen molar-refractivity contribution in [2.45, 2.75) is 45.3 Å². The molecule has 0 aromatic heterocycles. The normalized spacial score (nSPS) is 22.5. The topological polar surface area (TPSA) is 52.6 Å². The number of nitrogens with one attached hydrogen (secondary N) is 1. The van der Waals surface area contributed by atoms with Crippen LogP contribution in [-0.2, 0) is 11.3 Å². The van der Waals surface area contributed by atoms with Gasteiger partial charge < -0.3 is 10.4 Å². The van der Waals surface area contributed by atoms with Crippen LogP contribution in [0.25, 0.3) is 0 Å². The van der Waals surface area contributed by atoms with Crippen LogP contribution >= 0.6 is 0 Å². The van der Waals surface area contributed by atoms with E-state index in [0.717, 1.165) is 45.3 Å². The highest BCUT2D eigenvalue weighted by molar-refractivity contribution is 5.82. The molecule has 126 valence electrons. The number of aliphatic hydroxyl groups excluding tert-OH is 1. The van der Waals surface area contributed by atoms with Crippen LogP contribution in [0.5, 0.6) is 0 Å². The van der Waals surface area contributed by atoms with Crippen molar-refractivity contribution in [2.24, 2.45) is 11.3 Å². The maximum Gasteiger partial charge on any atom is 0.226 e. The Balaban J connectivity index is 1.45. The molecule has 1 saturated heterocycles. The van der Waals surface area contributed by atoms with Gasteiger partial charge in [-0.2, -0.15) is 0 Å². The molecule has 1 amide bonds. The van der Waals surface area contributed by atoms with E-state index in [9.17, 15) is 9.90 Å². The van der Waals surface area contributed by atoms with E-state index in [-0.39, 0.29) is 17.4 Å². The van der Waals surface area contributed by atoms with Gasteiger partial charge in [-0.3, -0.25) is 9.69 Å². The van der Waals surface area contributed by atoms with Crippen molar-refractivity contribution < 1.29 is 9.90 Å². The molecule has 1 aliphatic heterocycles. The molecule has 2 N–H and O–H groups in total. The zero-order chi connectivity index (χ0) is 16.3. The second-order valence-corrected chi connectivity index (χ2v) is 7.44. The first-order chi connectivity index (χ1) is 11.1. The molecule has 23 heavy (non-hydrogen) atoms. The fraction of sp³-hybridized carbons (Fsp3) is 0.632. The van der Waals surface area contributed by atoms with Crippen molar-refractivity contribution >= 4 is 5.91 Å². The number of hydrogen-bond donors (Lipinski definition) is 2. The van der Waals surface area contributed by atoms with Gasteiger partial charge in [0, 0.05) is 18.5 Å². The van der Waals surface area contributed by atoms with Crippen LogP contribution in [0.2, 0.25) is 0 Å². The first-order valence-electron chi connectivity index (χ1n) is 8.79. The van der Waals surface area contributed by atoms with Crippen molar-refractivity contribution in [1.82, 2.24) is 10.2 Å². The fourth-order valence-electron chi connectivity index (χ4n) is 3.33. The van der Waals surface area contributed by atoms with E-state index in [1.165, 1.54) is 5.56 Å². The van der Waals surface area contributed by atoms with Crippen molar-refractivity contribution in [2.75, 3.05) is 19.6 Å². The van der Waals surface area contributed by atoms with Crippen LogP contribution in [0, 0.1) is 11.3 Å². The van der Waals surface area contributed by atoms with E-state index in [2.05, 4.69) is 41.4 Å². The number of aliphatic hydroxyl groups is 1. The fourth-order valence-corrected chi connectivity index (χ4v) is 3.33. The molecule has 1 aromatic rings. The lowest BCUT2D eigenvalue weighted by Gasteiger charge is -2.38. The molecule has 2 aliphatic rings. The summed E-state index contributed by atoms with van der Waals surface area (Å²) in [4.78, 5) is 14.9. The minimum Gasteiger partial charge on any atom is -0.391 e. The number of carbonyl (C=O) groups is 1. The van der Waals surface area contributed by atoms with E-state index in [4.69, 9.17) is 0 Å². The number of amides is 1. The summed E-state index contributed by atoms with van der Waals surface area (Å²) in [6.07, 6.45) is 3.60. The Morgan fingerprint density at radius 2 is 1.96 bits per heavy atom. The van der Waals surface area contributed by atoms with Gasteiger partial charge in [-0.1, -0.05) is 37.3 Å². The number of carbonyl (C=O) groups excluding carboxylic acids is 1. The molecule has 1 saturated carbocycles. The minimum absolute atomic E-state index is 0.108. The van der Waals surface area contributed by atoms with Gasteiger partial charge in [0.05, 0.1) is 6.10 Å². The number of benzene rings is 1. The first-order valence-corrected chi connectivity index (χ1v) is 8.79. The molecule has 4 nitrogen and oxygen atoms in total. The largest absolute Gasteiger partial charge is 0.391 e. The first kappa shape index (κ1) is 16.5. The number of likely N-dealkylation sites (tertiary alicyclic amines) is 1. The molecule has 1 atom stereocenters. The highest BCUT2D eigenvalue weighted by Crippen LogP contribution is 2.33. The van der Waals surface area contributed by atoms with Crippen LogP contribution in [0.1, 0.15) is 38.2 Å². The van der Waals surface area contributed by atoms with E-state index < -0.39 is 0 Å². The number of nitrogens with zero attached hydrogens (tertiary/aromatic N) is 1. The Bertz CT molecular complexity index is 519. The van der Waals surface area contributed by atoms with Crippen molar-refractivity contribution in [3.05, 3.63) is 35.9 Å². The summed E-state index contributed by atoms with van der Waals surface area (Å²) in [7, 11) is 0. The summed E-state index contributed by atoms with van der Waals surface area (Å²) >= 11 is 0. The summed E-state index contributed by atoms with van der Waals surface area (Å²) < 4.78 is 0. The van der Waals surface area contributed by atoms with E-state index in [0.29, 0.717) is 12.5 Å². The van der Waals surface area contributed by atoms with Gasteiger partial charge in [0.1, 0.15) is 0 Å². The SMILES string of the molecule is CC1(C(=O)NC[C@H](O)C2CC2)CCN(Cc2ccccc2)CC1. The standard InChI is InChI=1S/C19H28N2O2/c1-19(18(23)20-13-17(22)16-7-8-16)9-11-21(12-10-19)14-15-5-3-2-4-6-15/h2-6,16-17,22H,7-14H2,1H3,(H,20,23)/t17-/m0/s1. The van der Waals surface area contributed by atoms with Crippen molar-refractivity contribution in [1.29, 1.82) is 0 Å². The maximum atomic E-state index is 12.5. The van der Waals surface area contributed by atoms with Crippen LogP contribution in [0.15, 0.2) is 30.3 Å². The molecule has 4 heteroatoms. The van der Waals surface area contributed by atoms with Gasteiger partial charge in [0.25, 0.3) is 0 Å². The molecule has 1 heterocycles. The zero-order valence-corrected chi connectivity index (χ0v) is 14.0. The predicted molar refractivity (Wildman–Crippen MR) is 90.8 cm³/mol. The Morgan fingerprint density at radius 1 is 1.30 bits per heavy atom. The van der Waals surface area contributed by atoms with Gasteiger partial charge in [-0.15, -0.1) is 0 Å². The second kappa shape index (κ2) is 7.02. The summed E-state index contributed by atoms with van der Waals surface area (Å²) in [5.74, 6) is 0.521. The molecule has 0 unspecified atom stereocenters. The van der Waals surface area contributed by atoms with Gasteiger partial charge in [-0.25, -0.2) is 0 Å². The van der Waals surface area contributed by atoms with Gasteiger partial charge >= 0.3 is 0 Å². The Kier molecular flexibility index (Phi) is 5.02. The molecule has 0 spiro atoms.